The number of carbonyl (C=O) groups is 2. The van der Waals surface area contributed by atoms with Gasteiger partial charge < -0.3 is 20.6 Å². The van der Waals surface area contributed by atoms with Crippen LogP contribution in [0.15, 0.2) is 16.6 Å². The molecule has 1 atom stereocenters. The number of thiophene rings is 1. The number of nitrogens with one attached hydrogen (secondary N) is 2. The lowest BCUT2D eigenvalue weighted by Gasteiger charge is -2.20. The zero-order valence-electron chi connectivity index (χ0n) is 12.7. The molecule has 8 heteroatoms. The quantitative estimate of drug-likeness (QED) is 0.584. The normalized spacial score (nSPS) is 18.9. The van der Waals surface area contributed by atoms with Crippen molar-refractivity contribution in [3.05, 3.63) is 21.9 Å². The molecule has 2 amide bonds. The lowest BCUT2D eigenvalue weighted by molar-refractivity contribution is -0.121. The molecule has 2 rings (SSSR count). The molecule has 0 aliphatic heterocycles. The van der Waals surface area contributed by atoms with Gasteiger partial charge in [-0.2, -0.15) is 0 Å². The van der Waals surface area contributed by atoms with Crippen molar-refractivity contribution in [2.24, 2.45) is 5.16 Å². The van der Waals surface area contributed by atoms with E-state index >= 15 is 0 Å². The summed E-state index contributed by atoms with van der Waals surface area (Å²) in [5.41, 5.74) is 0.892. The van der Waals surface area contributed by atoms with Crippen molar-refractivity contribution >= 4 is 29.0 Å². The predicted octanol–water partition coefficient (Wildman–Crippen LogP) is 2.01. The molecule has 1 aliphatic carbocycles. The van der Waals surface area contributed by atoms with Crippen molar-refractivity contribution < 1.29 is 19.5 Å². The molecule has 0 unspecified atom stereocenters. The molecular formula is C14H19N3O4S. The average molecular weight is 325 g/mol. The van der Waals surface area contributed by atoms with E-state index in [0.717, 1.165) is 10.4 Å². The zero-order valence-corrected chi connectivity index (χ0v) is 13.5. The van der Waals surface area contributed by atoms with E-state index in [2.05, 4.69) is 15.8 Å². The van der Waals surface area contributed by atoms with Crippen LogP contribution in [0.1, 0.15) is 43.7 Å². The third-order valence-corrected chi connectivity index (χ3v) is 3.96. The highest BCUT2D eigenvalue weighted by Crippen LogP contribution is 2.35. The summed E-state index contributed by atoms with van der Waals surface area (Å²) in [7, 11) is 0. The highest BCUT2D eigenvalue weighted by atomic mass is 32.1. The minimum absolute atomic E-state index is 0.170. The van der Waals surface area contributed by atoms with Gasteiger partial charge in [0.25, 0.3) is 0 Å². The van der Waals surface area contributed by atoms with E-state index in [0.29, 0.717) is 12.1 Å². The van der Waals surface area contributed by atoms with Crippen molar-refractivity contribution in [1.82, 2.24) is 10.6 Å². The van der Waals surface area contributed by atoms with E-state index in [1.165, 1.54) is 11.3 Å². The first-order valence-electron chi connectivity index (χ1n) is 6.85. The number of fused-ring (bicyclic) bond motifs is 1. The van der Waals surface area contributed by atoms with Crippen LogP contribution in [0.2, 0.25) is 0 Å². The molecule has 0 bridgehead atoms. The molecule has 0 spiro atoms. The maximum absolute atomic E-state index is 11.9. The van der Waals surface area contributed by atoms with Gasteiger partial charge in [0.1, 0.15) is 12.1 Å². The fourth-order valence-electron chi connectivity index (χ4n) is 2.15. The summed E-state index contributed by atoms with van der Waals surface area (Å²) in [6.07, 6.45) is -0.195. The lowest BCUT2D eigenvalue weighted by atomic mass is 10.2. The molecule has 0 radical (unpaired) electrons. The SMILES string of the molecule is CC(C)(C)OC(=O)NCC(=O)N[C@H]1C/C(=N\O)c2sccc21. The van der Waals surface area contributed by atoms with Gasteiger partial charge in [-0.1, -0.05) is 5.16 Å². The van der Waals surface area contributed by atoms with Crippen LogP contribution in [0, 0.1) is 0 Å². The molecule has 0 fully saturated rings. The van der Waals surface area contributed by atoms with E-state index in [-0.39, 0.29) is 18.5 Å². The van der Waals surface area contributed by atoms with Gasteiger partial charge in [-0.3, -0.25) is 4.79 Å². The Balaban J connectivity index is 1.85. The van der Waals surface area contributed by atoms with Crippen molar-refractivity contribution in [2.75, 3.05) is 6.54 Å². The molecule has 1 heterocycles. The van der Waals surface area contributed by atoms with Gasteiger partial charge in [0, 0.05) is 6.42 Å². The van der Waals surface area contributed by atoms with Crippen LogP contribution >= 0.6 is 11.3 Å². The van der Waals surface area contributed by atoms with Gasteiger partial charge in [-0.05, 0) is 37.8 Å². The average Bonchev–Trinajstić information content (AvgIpc) is 2.98. The van der Waals surface area contributed by atoms with Gasteiger partial charge in [-0.25, -0.2) is 4.79 Å². The molecule has 1 aliphatic rings. The Hall–Kier alpha value is -2.09. The zero-order chi connectivity index (χ0) is 16.3. The van der Waals surface area contributed by atoms with Crippen LogP contribution in [0.25, 0.3) is 0 Å². The highest BCUT2D eigenvalue weighted by Gasteiger charge is 2.30. The summed E-state index contributed by atoms with van der Waals surface area (Å²) >= 11 is 1.47. The van der Waals surface area contributed by atoms with Crippen LogP contribution in [0.5, 0.6) is 0 Å². The second kappa shape index (κ2) is 6.35. The van der Waals surface area contributed by atoms with Gasteiger partial charge in [-0.15, -0.1) is 11.3 Å². The number of hydrogen-bond donors (Lipinski definition) is 3. The molecule has 1 aromatic heterocycles. The Bertz CT molecular complexity index is 603. The Kier molecular flexibility index (Phi) is 4.70. The fraction of sp³-hybridized carbons (Fsp3) is 0.500. The summed E-state index contributed by atoms with van der Waals surface area (Å²) in [5.74, 6) is -0.327. The fourth-order valence-corrected chi connectivity index (χ4v) is 3.11. The van der Waals surface area contributed by atoms with Crippen LogP contribution in [-0.4, -0.2) is 35.1 Å². The Labute approximate surface area is 132 Å². The van der Waals surface area contributed by atoms with E-state index in [1.54, 1.807) is 20.8 Å². The van der Waals surface area contributed by atoms with Crippen LogP contribution in [-0.2, 0) is 9.53 Å². The first-order valence-corrected chi connectivity index (χ1v) is 7.73. The summed E-state index contributed by atoms with van der Waals surface area (Å²) in [6.45, 7) is 5.08. The largest absolute Gasteiger partial charge is 0.444 e. The molecule has 120 valence electrons. The maximum Gasteiger partial charge on any atom is 0.408 e. The van der Waals surface area contributed by atoms with Gasteiger partial charge >= 0.3 is 6.09 Å². The summed E-state index contributed by atoms with van der Waals surface area (Å²) in [5, 5.41) is 19.3. The lowest BCUT2D eigenvalue weighted by Crippen LogP contribution is -2.40. The molecule has 3 N–H and O–H groups in total. The second-order valence-corrected chi connectivity index (χ2v) is 6.85. The van der Waals surface area contributed by atoms with E-state index in [9.17, 15) is 9.59 Å². The molecule has 22 heavy (non-hydrogen) atoms. The number of alkyl carbamates (subject to hydrolysis) is 1. The monoisotopic (exact) mass is 325 g/mol. The first-order chi connectivity index (χ1) is 10.3. The number of amides is 2. The summed E-state index contributed by atoms with van der Waals surface area (Å²) in [6, 6.07) is 1.66. The van der Waals surface area contributed by atoms with E-state index in [4.69, 9.17) is 9.94 Å². The Morgan fingerprint density at radius 2 is 2.23 bits per heavy atom. The smallest absolute Gasteiger partial charge is 0.408 e. The number of rotatable bonds is 3. The third-order valence-electron chi connectivity index (χ3n) is 2.98. The number of oxime groups is 1. The standard InChI is InChI=1S/C14H19N3O4S/c1-14(2,3)21-13(19)15-7-11(18)16-9-6-10(17-20)12-8(9)4-5-22-12/h4-5,9,20H,6-7H2,1-3H3,(H,15,19)(H,16,18)/b17-10+/t9-/m0/s1. The van der Waals surface area contributed by atoms with Crippen LogP contribution in [0.4, 0.5) is 4.79 Å². The Morgan fingerprint density at radius 3 is 2.86 bits per heavy atom. The molecule has 0 saturated heterocycles. The highest BCUT2D eigenvalue weighted by molar-refractivity contribution is 7.12. The second-order valence-electron chi connectivity index (χ2n) is 5.93. The van der Waals surface area contributed by atoms with Crippen molar-refractivity contribution in [1.29, 1.82) is 0 Å². The van der Waals surface area contributed by atoms with Gasteiger partial charge in [0.05, 0.1) is 16.6 Å². The topological polar surface area (TPSA) is 100 Å². The Morgan fingerprint density at radius 1 is 1.50 bits per heavy atom. The minimum atomic E-state index is -0.636. The van der Waals surface area contributed by atoms with E-state index < -0.39 is 11.7 Å². The van der Waals surface area contributed by atoms with Crippen molar-refractivity contribution in [3.8, 4) is 0 Å². The first kappa shape index (κ1) is 16.3. The number of ether oxygens (including phenoxy) is 1. The van der Waals surface area contributed by atoms with Gasteiger partial charge in [0.15, 0.2) is 0 Å². The number of carbonyl (C=O) groups excluding carboxylic acids is 2. The molecule has 0 saturated carbocycles. The molecular weight excluding hydrogens is 306 g/mol. The van der Waals surface area contributed by atoms with Crippen molar-refractivity contribution in [2.45, 2.75) is 38.8 Å². The minimum Gasteiger partial charge on any atom is -0.444 e. The van der Waals surface area contributed by atoms with E-state index in [1.807, 2.05) is 11.4 Å². The van der Waals surface area contributed by atoms with Crippen molar-refractivity contribution in [3.63, 3.8) is 0 Å². The van der Waals surface area contributed by atoms with Crippen LogP contribution < -0.4 is 10.6 Å². The number of hydrogen-bond acceptors (Lipinski definition) is 6. The third kappa shape index (κ3) is 3.97. The summed E-state index contributed by atoms with van der Waals surface area (Å²) < 4.78 is 5.06. The van der Waals surface area contributed by atoms with Crippen LogP contribution in [0.3, 0.4) is 0 Å². The maximum atomic E-state index is 11.9. The summed E-state index contributed by atoms with van der Waals surface area (Å²) in [4.78, 5) is 24.3. The van der Waals surface area contributed by atoms with Gasteiger partial charge in [0.2, 0.25) is 5.91 Å². The predicted molar refractivity (Wildman–Crippen MR) is 82.4 cm³/mol. The molecule has 7 nitrogen and oxygen atoms in total. The molecule has 1 aromatic rings. The molecule has 0 aromatic carbocycles. The number of nitrogens with zero attached hydrogens (tertiary/aromatic N) is 1.